The first kappa shape index (κ1) is 18.4. The van der Waals surface area contributed by atoms with Crippen LogP contribution in [0.1, 0.15) is 38.7 Å². The monoisotopic (exact) mass is 348 g/mol. The summed E-state index contributed by atoms with van der Waals surface area (Å²) in [4.78, 5) is 17.3. The molecule has 130 valence electrons. The first-order valence-electron chi connectivity index (χ1n) is 8.25. The maximum atomic E-state index is 13.0. The molecule has 0 spiro atoms. The lowest BCUT2D eigenvalue weighted by molar-refractivity contribution is 0.408. The maximum Gasteiger partial charge on any atom is 0.265 e. The number of nitrogens with zero attached hydrogens (tertiary/aromatic N) is 2. The van der Waals surface area contributed by atoms with Crippen LogP contribution < -0.4 is 10.3 Å². The second-order valence-electron chi connectivity index (χ2n) is 5.46. The number of hydrogen-bond acceptors (Lipinski definition) is 5. The zero-order valence-electron chi connectivity index (χ0n) is 14.4. The average Bonchev–Trinajstić information content (AvgIpc) is 2.59. The molecule has 1 aromatic carbocycles. The molecule has 5 nitrogen and oxygen atoms in total. The fourth-order valence-electron chi connectivity index (χ4n) is 2.41. The van der Waals surface area contributed by atoms with Crippen molar-refractivity contribution in [1.29, 1.82) is 0 Å². The van der Waals surface area contributed by atoms with Crippen LogP contribution in [0.25, 0.3) is 5.69 Å². The number of aromatic hydroxyl groups is 1. The Morgan fingerprint density at radius 2 is 2.00 bits per heavy atom. The number of unbranched alkanes of at least 4 members (excludes halogenated alkanes) is 1. The van der Waals surface area contributed by atoms with Crippen molar-refractivity contribution in [3.8, 4) is 17.3 Å². The molecule has 0 unspecified atom stereocenters. The molecule has 0 aliphatic heterocycles. The Balaban J connectivity index is 2.67. The van der Waals surface area contributed by atoms with E-state index in [1.165, 1.54) is 11.8 Å². The lowest BCUT2D eigenvalue weighted by atomic mass is 10.1. The van der Waals surface area contributed by atoms with Gasteiger partial charge in [-0.3, -0.25) is 9.36 Å². The number of rotatable bonds is 8. The van der Waals surface area contributed by atoms with E-state index in [4.69, 9.17) is 4.74 Å². The number of aromatic nitrogens is 2. The molecule has 0 atom stereocenters. The minimum atomic E-state index is -0.223. The fourth-order valence-corrected chi connectivity index (χ4v) is 3.26. The normalized spacial score (nSPS) is 10.8. The zero-order chi connectivity index (χ0) is 17.5. The molecule has 0 aliphatic carbocycles. The molecule has 1 N–H and O–H groups in total. The van der Waals surface area contributed by atoms with Crippen molar-refractivity contribution >= 4 is 11.8 Å². The van der Waals surface area contributed by atoms with Gasteiger partial charge >= 0.3 is 0 Å². The van der Waals surface area contributed by atoms with Crippen molar-refractivity contribution in [2.45, 2.75) is 44.7 Å². The smallest absolute Gasteiger partial charge is 0.265 e. The summed E-state index contributed by atoms with van der Waals surface area (Å²) in [6, 6.07) is 7.36. The minimum absolute atomic E-state index is 0.154. The van der Waals surface area contributed by atoms with Crippen LogP contribution in [0.3, 0.4) is 0 Å². The molecule has 0 saturated carbocycles. The zero-order valence-corrected chi connectivity index (χ0v) is 15.2. The van der Waals surface area contributed by atoms with Crippen LogP contribution >= 0.6 is 11.8 Å². The van der Waals surface area contributed by atoms with Gasteiger partial charge in [-0.05, 0) is 31.4 Å². The van der Waals surface area contributed by atoms with E-state index in [1.54, 1.807) is 11.7 Å². The number of methoxy groups -OCH3 is 1. The lowest BCUT2D eigenvalue weighted by Gasteiger charge is -2.16. The Kier molecular flexibility index (Phi) is 6.73. The van der Waals surface area contributed by atoms with Crippen LogP contribution in [0, 0.1) is 0 Å². The van der Waals surface area contributed by atoms with Crippen molar-refractivity contribution < 1.29 is 9.84 Å². The molecule has 0 bridgehead atoms. The van der Waals surface area contributed by atoms with Crippen LogP contribution in [0.5, 0.6) is 11.6 Å². The summed E-state index contributed by atoms with van der Waals surface area (Å²) in [5.74, 6) is 1.26. The largest absolute Gasteiger partial charge is 0.495 e. The van der Waals surface area contributed by atoms with E-state index in [0.717, 1.165) is 25.0 Å². The molecule has 0 amide bonds. The third-order valence-electron chi connectivity index (χ3n) is 3.67. The van der Waals surface area contributed by atoms with Crippen LogP contribution in [-0.2, 0) is 6.42 Å². The summed E-state index contributed by atoms with van der Waals surface area (Å²) in [6.45, 7) is 4.11. The first-order chi connectivity index (χ1) is 11.6. The van der Waals surface area contributed by atoms with Gasteiger partial charge in [-0.25, -0.2) is 0 Å². The Bertz CT molecular complexity index is 744. The molecule has 1 heterocycles. The van der Waals surface area contributed by atoms with Crippen LogP contribution in [0.2, 0.25) is 0 Å². The molecule has 24 heavy (non-hydrogen) atoms. The molecular formula is C18H24N2O3S. The maximum absolute atomic E-state index is 13.0. The van der Waals surface area contributed by atoms with Crippen molar-refractivity contribution in [1.82, 2.24) is 9.55 Å². The highest BCUT2D eigenvalue weighted by Crippen LogP contribution is 2.28. The number of hydrogen-bond donors (Lipinski definition) is 1. The Hall–Kier alpha value is -1.95. The highest BCUT2D eigenvalue weighted by atomic mass is 32.2. The molecule has 0 saturated heterocycles. The SMILES string of the molecule is CCCCc1c(O)nc(SCCC)n(-c2ccccc2OC)c1=O. The van der Waals surface area contributed by atoms with Crippen LogP contribution in [0.4, 0.5) is 0 Å². The van der Waals surface area contributed by atoms with E-state index in [9.17, 15) is 9.90 Å². The summed E-state index contributed by atoms with van der Waals surface area (Å²) in [5, 5.41) is 10.7. The standard InChI is InChI=1S/C18H24N2O3S/c1-4-6-9-13-16(21)19-18(24-12-5-2)20(17(13)22)14-10-7-8-11-15(14)23-3/h7-8,10-11,21H,4-6,9,12H2,1-3H3. The third-order valence-corrected chi connectivity index (χ3v) is 4.81. The van der Waals surface area contributed by atoms with Crippen LogP contribution in [-0.4, -0.2) is 27.5 Å². The Morgan fingerprint density at radius 3 is 2.67 bits per heavy atom. The molecule has 0 radical (unpaired) electrons. The number of benzene rings is 1. The van der Waals surface area contributed by atoms with Crippen molar-refractivity contribution in [2.24, 2.45) is 0 Å². The number of thioether (sulfide) groups is 1. The van der Waals surface area contributed by atoms with Crippen molar-refractivity contribution in [3.63, 3.8) is 0 Å². The van der Waals surface area contributed by atoms with Crippen LogP contribution in [0.15, 0.2) is 34.2 Å². The Labute approximate surface area is 146 Å². The van der Waals surface area contributed by atoms with E-state index in [2.05, 4.69) is 18.8 Å². The quantitative estimate of drug-likeness (QED) is 0.581. The highest BCUT2D eigenvalue weighted by Gasteiger charge is 2.19. The summed E-state index contributed by atoms with van der Waals surface area (Å²) in [6.07, 6.45) is 3.24. The van der Waals surface area contributed by atoms with E-state index < -0.39 is 0 Å². The van der Waals surface area contributed by atoms with Gasteiger partial charge in [0.15, 0.2) is 5.16 Å². The summed E-state index contributed by atoms with van der Waals surface area (Å²) >= 11 is 1.46. The van der Waals surface area contributed by atoms with Gasteiger partial charge < -0.3 is 9.84 Å². The second-order valence-corrected chi connectivity index (χ2v) is 6.52. The summed E-state index contributed by atoms with van der Waals surface area (Å²) in [7, 11) is 1.58. The molecule has 0 fully saturated rings. The molecule has 1 aromatic heterocycles. The third kappa shape index (κ3) is 3.93. The van der Waals surface area contributed by atoms with E-state index >= 15 is 0 Å². The molecule has 6 heteroatoms. The average molecular weight is 348 g/mol. The topological polar surface area (TPSA) is 64.3 Å². The number of ether oxygens (including phenoxy) is 1. The Morgan fingerprint density at radius 1 is 1.25 bits per heavy atom. The molecule has 2 aromatic rings. The minimum Gasteiger partial charge on any atom is -0.495 e. The molecule has 2 rings (SSSR count). The fraction of sp³-hybridized carbons (Fsp3) is 0.444. The summed E-state index contributed by atoms with van der Waals surface area (Å²) < 4.78 is 6.97. The van der Waals surface area contributed by atoms with Gasteiger partial charge in [0.05, 0.1) is 18.4 Å². The predicted molar refractivity (Wildman–Crippen MR) is 97.7 cm³/mol. The lowest BCUT2D eigenvalue weighted by Crippen LogP contribution is -2.25. The second kappa shape index (κ2) is 8.78. The first-order valence-corrected chi connectivity index (χ1v) is 9.23. The van der Waals surface area contributed by atoms with Crippen molar-refractivity contribution in [3.05, 3.63) is 40.2 Å². The van der Waals surface area contributed by atoms with Gasteiger partial charge in [0.2, 0.25) is 5.88 Å². The van der Waals surface area contributed by atoms with E-state index in [1.807, 2.05) is 24.3 Å². The van der Waals surface area contributed by atoms with Crippen molar-refractivity contribution in [2.75, 3.05) is 12.9 Å². The van der Waals surface area contributed by atoms with Gasteiger partial charge in [0.1, 0.15) is 5.75 Å². The molecule has 0 aliphatic rings. The van der Waals surface area contributed by atoms with E-state index in [0.29, 0.717) is 28.6 Å². The predicted octanol–water partition coefficient (Wildman–Crippen LogP) is 3.79. The van der Waals surface area contributed by atoms with Gasteiger partial charge in [0, 0.05) is 5.75 Å². The molecular weight excluding hydrogens is 324 g/mol. The number of para-hydroxylation sites is 2. The summed E-state index contributed by atoms with van der Waals surface area (Å²) in [5.41, 5.74) is 0.788. The van der Waals surface area contributed by atoms with Gasteiger partial charge in [-0.2, -0.15) is 4.98 Å². The van der Waals surface area contributed by atoms with E-state index in [-0.39, 0.29) is 11.4 Å². The van der Waals surface area contributed by atoms with Gasteiger partial charge in [-0.15, -0.1) is 0 Å². The highest BCUT2D eigenvalue weighted by molar-refractivity contribution is 7.99. The van der Waals surface area contributed by atoms with Gasteiger partial charge in [-0.1, -0.05) is 44.2 Å². The van der Waals surface area contributed by atoms with Gasteiger partial charge in [0.25, 0.3) is 5.56 Å².